The summed E-state index contributed by atoms with van der Waals surface area (Å²) in [7, 11) is 1.57. The van der Waals surface area contributed by atoms with E-state index in [9.17, 15) is 10.1 Å². The largest absolute Gasteiger partial charge is 0.497 e. The number of anilines is 1. The van der Waals surface area contributed by atoms with Gasteiger partial charge in [-0.3, -0.25) is 4.79 Å². The molecule has 6 nitrogen and oxygen atoms in total. The summed E-state index contributed by atoms with van der Waals surface area (Å²) >= 11 is 0. The molecule has 4 aromatic rings. The van der Waals surface area contributed by atoms with E-state index in [1.807, 2.05) is 68.4 Å². The smallest absolute Gasteiger partial charge is 0.266 e. The third-order valence-electron chi connectivity index (χ3n) is 6.00. The molecule has 39 heavy (non-hydrogen) atoms. The van der Waals surface area contributed by atoms with E-state index in [2.05, 4.69) is 5.32 Å². The Hall–Kier alpha value is -5.02. The molecule has 0 aromatic heterocycles. The average Bonchev–Trinajstić information content (AvgIpc) is 2.95. The molecule has 0 bridgehead atoms. The molecule has 6 heteroatoms. The highest BCUT2D eigenvalue weighted by Crippen LogP contribution is 2.28. The molecule has 0 spiro atoms. The van der Waals surface area contributed by atoms with Crippen molar-refractivity contribution in [1.29, 1.82) is 5.26 Å². The molecule has 196 valence electrons. The van der Waals surface area contributed by atoms with Crippen LogP contribution in [0.2, 0.25) is 0 Å². The van der Waals surface area contributed by atoms with E-state index < -0.39 is 5.91 Å². The minimum absolute atomic E-state index is 0.0553. The Morgan fingerprint density at radius 3 is 2.23 bits per heavy atom. The van der Waals surface area contributed by atoms with Crippen molar-refractivity contribution in [2.24, 2.45) is 0 Å². The standard InChI is InChI=1S/C33H30N2O4/c1-23-7-9-25(10-8-23)21-38-30-15-12-29(13-16-30)35-33(36)28(20-34)18-27-11-14-31(37-3)19-32(27)39-22-26-6-4-5-24(2)17-26/h4-19H,21-22H2,1-3H3,(H,35,36)/b28-18+. The Kier molecular flexibility index (Phi) is 8.99. The van der Waals surface area contributed by atoms with Crippen LogP contribution in [0.5, 0.6) is 17.2 Å². The van der Waals surface area contributed by atoms with Crippen molar-refractivity contribution < 1.29 is 19.0 Å². The molecule has 0 fully saturated rings. The molecule has 1 amide bonds. The van der Waals surface area contributed by atoms with E-state index >= 15 is 0 Å². The van der Waals surface area contributed by atoms with E-state index in [-0.39, 0.29) is 5.57 Å². The lowest BCUT2D eigenvalue weighted by Gasteiger charge is -2.12. The van der Waals surface area contributed by atoms with E-state index in [1.54, 1.807) is 49.6 Å². The first-order valence-electron chi connectivity index (χ1n) is 12.5. The van der Waals surface area contributed by atoms with Gasteiger partial charge in [0.2, 0.25) is 0 Å². The van der Waals surface area contributed by atoms with Gasteiger partial charge in [0.05, 0.1) is 7.11 Å². The number of benzene rings is 4. The first kappa shape index (κ1) is 27.0. The molecule has 1 N–H and O–H groups in total. The summed E-state index contributed by atoms with van der Waals surface area (Å²) in [5, 5.41) is 12.5. The number of carbonyl (C=O) groups excluding carboxylic acids is 1. The molecular formula is C33H30N2O4. The van der Waals surface area contributed by atoms with E-state index in [0.717, 1.165) is 16.7 Å². The number of nitriles is 1. The summed E-state index contributed by atoms with van der Waals surface area (Å²) in [6, 6.07) is 30.5. The summed E-state index contributed by atoms with van der Waals surface area (Å²) in [6.45, 7) is 4.85. The Morgan fingerprint density at radius 2 is 1.54 bits per heavy atom. The van der Waals surface area contributed by atoms with Crippen LogP contribution in [0, 0.1) is 25.2 Å². The number of methoxy groups -OCH3 is 1. The van der Waals surface area contributed by atoms with Crippen molar-refractivity contribution >= 4 is 17.7 Å². The summed E-state index contributed by atoms with van der Waals surface area (Å²) < 4.78 is 17.2. The number of hydrogen-bond acceptors (Lipinski definition) is 5. The van der Waals surface area contributed by atoms with Crippen molar-refractivity contribution in [3.05, 3.63) is 124 Å². The molecule has 0 aliphatic rings. The lowest BCUT2D eigenvalue weighted by atomic mass is 10.1. The van der Waals surface area contributed by atoms with Gasteiger partial charge >= 0.3 is 0 Å². The summed E-state index contributed by atoms with van der Waals surface area (Å²) in [5.74, 6) is 1.27. The van der Waals surface area contributed by atoms with Crippen LogP contribution < -0.4 is 19.5 Å². The highest BCUT2D eigenvalue weighted by atomic mass is 16.5. The molecule has 0 radical (unpaired) electrons. The fraction of sp³-hybridized carbons (Fsp3) is 0.152. The Labute approximate surface area is 229 Å². The first-order valence-corrected chi connectivity index (χ1v) is 12.5. The molecule has 4 aromatic carbocycles. The number of aryl methyl sites for hydroxylation is 2. The fourth-order valence-electron chi connectivity index (χ4n) is 3.84. The van der Waals surface area contributed by atoms with Crippen molar-refractivity contribution in [2.45, 2.75) is 27.1 Å². The number of hydrogen-bond donors (Lipinski definition) is 1. The quantitative estimate of drug-likeness (QED) is 0.180. The maximum atomic E-state index is 12.9. The Balaban J connectivity index is 1.44. The van der Waals surface area contributed by atoms with Crippen LogP contribution in [0.4, 0.5) is 5.69 Å². The zero-order chi connectivity index (χ0) is 27.6. The maximum absolute atomic E-state index is 12.9. The normalized spacial score (nSPS) is 10.9. The minimum atomic E-state index is -0.522. The van der Waals surface area contributed by atoms with Gasteiger partial charge in [-0.15, -0.1) is 0 Å². The average molecular weight is 519 g/mol. The topological polar surface area (TPSA) is 80.6 Å². The van der Waals surface area contributed by atoms with E-state index in [0.29, 0.717) is 41.7 Å². The molecule has 0 aliphatic heterocycles. The van der Waals surface area contributed by atoms with Gasteiger partial charge in [-0.05, 0) is 67.4 Å². The zero-order valence-corrected chi connectivity index (χ0v) is 22.2. The molecular weight excluding hydrogens is 488 g/mol. The van der Waals surface area contributed by atoms with Crippen molar-refractivity contribution in [3.8, 4) is 23.3 Å². The molecule has 0 saturated carbocycles. The second-order valence-corrected chi connectivity index (χ2v) is 9.10. The van der Waals surface area contributed by atoms with E-state index in [4.69, 9.17) is 14.2 Å². The van der Waals surface area contributed by atoms with Crippen LogP contribution >= 0.6 is 0 Å². The predicted octanol–water partition coefficient (Wildman–Crippen LogP) is 7.02. The fourth-order valence-corrected chi connectivity index (χ4v) is 3.84. The zero-order valence-electron chi connectivity index (χ0n) is 22.2. The van der Waals surface area contributed by atoms with Gasteiger partial charge in [-0.2, -0.15) is 5.26 Å². The number of amides is 1. The van der Waals surface area contributed by atoms with Crippen LogP contribution in [0.25, 0.3) is 6.08 Å². The van der Waals surface area contributed by atoms with Gasteiger partial charge < -0.3 is 19.5 Å². The molecule has 4 rings (SSSR count). The second-order valence-electron chi connectivity index (χ2n) is 9.10. The Morgan fingerprint density at radius 1 is 0.821 bits per heavy atom. The van der Waals surface area contributed by atoms with Crippen LogP contribution in [-0.2, 0) is 18.0 Å². The molecule has 0 saturated heterocycles. The van der Waals surface area contributed by atoms with E-state index in [1.165, 1.54) is 11.6 Å². The summed E-state index contributed by atoms with van der Waals surface area (Å²) in [5.41, 5.74) is 5.50. The van der Waals surface area contributed by atoms with Crippen LogP contribution in [0.3, 0.4) is 0 Å². The number of carbonyl (C=O) groups is 1. The third kappa shape index (κ3) is 7.73. The highest BCUT2D eigenvalue weighted by Gasteiger charge is 2.13. The second kappa shape index (κ2) is 13.0. The van der Waals surface area contributed by atoms with Crippen LogP contribution in [-0.4, -0.2) is 13.0 Å². The maximum Gasteiger partial charge on any atom is 0.266 e. The van der Waals surface area contributed by atoms with Crippen LogP contribution in [0.15, 0.2) is 96.6 Å². The molecule has 0 heterocycles. The molecule has 0 aliphatic carbocycles. The monoisotopic (exact) mass is 518 g/mol. The van der Waals surface area contributed by atoms with Gasteiger partial charge in [0.15, 0.2) is 0 Å². The highest BCUT2D eigenvalue weighted by molar-refractivity contribution is 6.09. The summed E-state index contributed by atoms with van der Waals surface area (Å²) in [4.78, 5) is 12.9. The van der Waals surface area contributed by atoms with Gasteiger partial charge in [-0.1, -0.05) is 59.7 Å². The van der Waals surface area contributed by atoms with Gasteiger partial charge in [0, 0.05) is 17.3 Å². The lowest BCUT2D eigenvalue weighted by Crippen LogP contribution is -2.13. The lowest BCUT2D eigenvalue weighted by molar-refractivity contribution is -0.112. The van der Waals surface area contributed by atoms with Gasteiger partial charge in [0.1, 0.15) is 42.1 Å². The number of rotatable bonds is 10. The number of nitrogens with zero attached hydrogens (tertiary/aromatic N) is 1. The third-order valence-corrected chi connectivity index (χ3v) is 6.00. The van der Waals surface area contributed by atoms with Crippen molar-refractivity contribution in [3.63, 3.8) is 0 Å². The number of nitrogens with one attached hydrogen (secondary N) is 1. The van der Waals surface area contributed by atoms with Gasteiger partial charge in [0.25, 0.3) is 5.91 Å². The summed E-state index contributed by atoms with van der Waals surface area (Å²) in [6.07, 6.45) is 1.51. The SMILES string of the molecule is COc1ccc(/C=C(\C#N)C(=O)Nc2ccc(OCc3ccc(C)cc3)cc2)c(OCc2cccc(C)c2)c1. The number of ether oxygens (including phenoxy) is 3. The van der Waals surface area contributed by atoms with Crippen molar-refractivity contribution in [2.75, 3.05) is 12.4 Å². The van der Waals surface area contributed by atoms with Crippen LogP contribution in [0.1, 0.15) is 27.8 Å². The van der Waals surface area contributed by atoms with Crippen molar-refractivity contribution in [1.82, 2.24) is 0 Å². The van der Waals surface area contributed by atoms with Gasteiger partial charge in [-0.25, -0.2) is 0 Å². The predicted molar refractivity (Wildman–Crippen MR) is 153 cm³/mol. The minimum Gasteiger partial charge on any atom is -0.497 e. The Bertz CT molecular complexity index is 1500. The molecule has 0 atom stereocenters. The molecule has 0 unspecified atom stereocenters. The first-order chi connectivity index (χ1) is 18.9.